The van der Waals surface area contributed by atoms with Crippen LogP contribution in [0.25, 0.3) is 5.70 Å². The molecule has 4 rings (SSSR count). The summed E-state index contributed by atoms with van der Waals surface area (Å²) in [5.74, 6) is -0.385. The lowest BCUT2D eigenvalue weighted by atomic mass is 9.99. The van der Waals surface area contributed by atoms with E-state index in [0.717, 1.165) is 23.2 Å². The van der Waals surface area contributed by atoms with Crippen molar-refractivity contribution in [3.05, 3.63) is 76.3 Å². The number of nitroso groups, excluding NO2 is 1. The van der Waals surface area contributed by atoms with Crippen molar-refractivity contribution in [1.82, 2.24) is 4.90 Å². The summed E-state index contributed by atoms with van der Waals surface area (Å²) in [6.45, 7) is 0.983. The minimum atomic E-state index is -4.86. The third-order valence-corrected chi connectivity index (χ3v) is 5.70. The molecule has 0 spiro atoms. The first-order chi connectivity index (χ1) is 14.7. The van der Waals surface area contributed by atoms with Crippen LogP contribution < -0.4 is 16.2 Å². The van der Waals surface area contributed by atoms with Gasteiger partial charge in [-0.3, -0.25) is 0 Å². The summed E-state index contributed by atoms with van der Waals surface area (Å²) >= 11 is 0. The highest BCUT2D eigenvalue weighted by Crippen LogP contribution is 2.43. The maximum atomic E-state index is 13.3. The summed E-state index contributed by atoms with van der Waals surface area (Å²) in [5.41, 5.74) is 13.8. The van der Waals surface area contributed by atoms with Gasteiger partial charge in [0.25, 0.3) is 11.7 Å². The van der Waals surface area contributed by atoms with Crippen molar-refractivity contribution in [3.8, 4) is 5.75 Å². The molecule has 0 saturated heterocycles. The molecule has 4 N–H and O–H groups in total. The van der Waals surface area contributed by atoms with Gasteiger partial charge in [-0.1, -0.05) is 24.3 Å². The van der Waals surface area contributed by atoms with E-state index in [4.69, 9.17) is 11.5 Å². The third-order valence-electron chi connectivity index (χ3n) is 5.70. The van der Waals surface area contributed by atoms with E-state index in [1.165, 1.54) is 18.2 Å². The second-order valence-corrected chi connectivity index (χ2v) is 7.96. The Morgan fingerprint density at radius 2 is 1.81 bits per heavy atom. The zero-order chi connectivity index (χ0) is 22.2. The molecule has 0 amide bonds. The molecule has 1 aliphatic carbocycles. The third kappa shape index (κ3) is 4.57. The van der Waals surface area contributed by atoms with Gasteiger partial charge in [-0.05, 0) is 42.7 Å². The second kappa shape index (κ2) is 7.97. The molecule has 2 aromatic carbocycles. The molecule has 0 radical (unpaired) electrons. The van der Waals surface area contributed by atoms with Gasteiger partial charge in [0.05, 0.1) is 23.9 Å². The summed E-state index contributed by atoms with van der Waals surface area (Å²) in [7, 11) is 0. The van der Waals surface area contributed by atoms with Crippen LogP contribution in [0.2, 0.25) is 0 Å². The van der Waals surface area contributed by atoms with Gasteiger partial charge in [-0.25, -0.2) is 0 Å². The minimum Gasteiger partial charge on any atom is -0.405 e. The number of nitrogens with zero attached hydrogens (tertiary/aromatic N) is 2. The first-order valence-electron chi connectivity index (χ1n) is 10.1. The minimum absolute atomic E-state index is 0.165. The van der Waals surface area contributed by atoms with Crippen molar-refractivity contribution >= 4 is 5.70 Å². The van der Waals surface area contributed by atoms with Crippen LogP contribution in [-0.4, -0.2) is 35.7 Å². The SMILES string of the molecule is NCCN1C=C(c2ccc(C3(N)CC3)cc2)[N+](=O)C(c2ccccc2OC(F)(F)F)C1. The van der Waals surface area contributed by atoms with Crippen LogP contribution in [0.5, 0.6) is 5.75 Å². The molecule has 1 unspecified atom stereocenters. The Kier molecular flexibility index (Phi) is 5.49. The highest BCUT2D eigenvalue weighted by Gasteiger charge is 2.43. The lowest BCUT2D eigenvalue weighted by Crippen LogP contribution is -2.37. The normalized spacial score (nSPS) is 20.4. The number of benzene rings is 2. The molecule has 2 aromatic rings. The van der Waals surface area contributed by atoms with E-state index in [1.807, 2.05) is 29.2 Å². The van der Waals surface area contributed by atoms with Gasteiger partial charge in [0, 0.05) is 28.3 Å². The van der Waals surface area contributed by atoms with Gasteiger partial charge >= 0.3 is 6.36 Å². The molecule has 1 atom stereocenters. The number of nitrogens with two attached hydrogens (primary N) is 2. The van der Waals surface area contributed by atoms with Gasteiger partial charge in [0.1, 0.15) is 5.75 Å². The Hall–Kier alpha value is -2.91. The topological polar surface area (TPSA) is 84.6 Å². The molecule has 6 nitrogen and oxygen atoms in total. The van der Waals surface area contributed by atoms with Crippen molar-refractivity contribution in [2.24, 2.45) is 11.5 Å². The molecule has 1 fully saturated rings. The van der Waals surface area contributed by atoms with Crippen LogP contribution >= 0.6 is 0 Å². The fourth-order valence-electron chi connectivity index (χ4n) is 3.86. The summed E-state index contributed by atoms with van der Waals surface area (Å²) in [6, 6.07) is 12.3. The maximum absolute atomic E-state index is 13.3. The molecule has 0 bridgehead atoms. The van der Waals surface area contributed by atoms with Crippen molar-refractivity contribution in [2.45, 2.75) is 30.8 Å². The summed E-state index contributed by atoms with van der Waals surface area (Å²) in [5, 5.41) is 0. The number of halogens is 3. The molecule has 1 saturated carbocycles. The summed E-state index contributed by atoms with van der Waals surface area (Å²) in [6.07, 6.45) is -1.31. The molecular formula is C22H24F3N4O2+. The fourth-order valence-corrected chi connectivity index (χ4v) is 3.86. The quantitative estimate of drug-likeness (QED) is 0.680. The van der Waals surface area contributed by atoms with Crippen molar-refractivity contribution in [2.75, 3.05) is 19.6 Å². The Balaban J connectivity index is 1.69. The zero-order valence-electron chi connectivity index (χ0n) is 16.8. The fraction of sp³-hybridized carbons (Fsp3) is 0.364. The van der Waals surface area contributed by atoms with Gasteiger partial charge < -0.3 is 21.1 Å². The molecule has 9 heteroatoms. The maximum Gasteiger partial charge on any atom is 0.573 e. The Morgan fingerprint density at radius 3 is 2.42 bits per heavy atom. The van der Waals surface area contributed by atoms with E-state index in [2.05, 4.69) is 4.74 Å². The highest BCUT2D eigenvalue weighted by atomic mass is 19.4. The second-order valence-electron chi connectivity index (χ2n) is 7.96. The van der Waals surface area contributed by atoms with Gasteiger partial charge in [-0.2, -0.15) is 0 Å². The molecule has 1 aliphatic heterocycles. The average Bonchev–Trinajstić information content (AvgIpc) is 3.47. The predicted octanol–water partition coefficient (Wildman–Crippen LogP) is 3.63. The highest BCUT2D eigenvalue weighted by molar-refractivity contribution is 5.60. The van der Waals surface area contributed by atoms with Crippen LogP contribution in [0.4, 0.5) is 13.2 Å². The summed E-state index contributed by atoms with van der Waals surface area (Å²) in [4.78, 5) is 15.2. The Morgan fingerprint density at radius 1 is 1.13 bits per heavy atom. The predicted molar refractivity (Wildman–Crippen MR) is 110 cm³/mol. The van der Waals surface area contributed by atoms with E-state index >= 15 is 0 Å². The number of rotatable bonds is 6. The number of hydrogen-bond acceptors (Lipinski definition) is 5. The molecular weight excluding hydrogens is 409 g/mol. The van der Waals surface area contributed by atoms with Gasteiger partial charge in [0.2, 0.25) is 0 Å². The largest absolute Gasteiger partial charge is 0.573 e. The summed E-state index contributed by atoms with van der Waals surface area (Å²) < 4.78 is 43.6. The number of hydrogen-bond donors (Lipinski definition) is 2. The number of ether oxygens (including phenoxy) is 1. The molecule has 31 heavy (non-hydrogen) atoms. The molecule has 2 aliphatic rings. The Labute approximate surface area is 177 Å². The molecule has 0 aromatic heterocycles. The molecule has 1 heterocycles. The smallest absolute Gasteiger partial charge is 0.405 e. The van der Waals surface area contributed by atoms with Gasteiger partial charge in [0.15, 0.2) is 0 Å². The van der Waals surface area contributed by atoms with E-state index in [1.54, 1.807) is 12.3 Å². The first-order valence-corrected chi connectivity index (χ1v) is 10.1. The lowest BCUT2D eigenvalue weighted by molar-refractivity contribution is -0.511. The van der Waals surface area contributed by atoms with Crippen LogP contribution in [0.3, 0.4) is 0 Å². The van der Waals surface area contributed by atoms with Crippen LogP contribution in [0, 0.1) is 4.91 Å². The monoisotopic (exact) mass is 433 g/mol. The molecule has 164 valence electrons. The van der Waals surface area contributed by atoms with E-state index in [0.29, 0.717) is 24.4 Å². The van der Waals surface area contributed by atoms with Crippen molar-refractivity contribution in [1.29, 1.82) is 0 Å². The number of para-hydroxylation sites is 1. The Bertz CT molecular complexity index is 1000. The lowest BCUT2D eigenvalue weighted by Gasteiger charge is -2.27. The number of alkyl halides is 3. The van der Waals surface area contributed by atoms with E-state index in [-0.39, 0.29) is 23.4 Å². The first kappa shape index (κ1) is 21.3. The zero-order valence-corrected chi connectivity index (χ0v) is 16.8. The van der Waals surface area contributed by atoms with E-state index < -0.39 is 12.4 Å². The average molecular weight is 433 g/mol. The van der Waals surface area contributed by atoms with Crippen molar-refractivity contribution < 1.29 is 22.7 Å². The van der Waals surface area contributed by atoms with Crippen molar-refractivity contribution in [3.63, 3.8) is 0 Å². The van der Waals surface area contributed by atoms with E-state index in [9.17, 15) is 18.1 Å². The van der Waals surface area contributed by atoms with Gasteiger partial charge in [-0.15, -0.1) is 13.2 Å². The van der Waals surface area contributed by atoms with Crippen LogP contribution in [0.15, 0.2) is 54.7 Å². The van der Waals surface area contributed by atoms with Crippen LogP contribution in [0.1, 0.15) is 35.6 Å². The standard InChI is InChI=1S/C22H24F3N4O2/c23-22(24,25)31-20-4-2-1-3-17(20)19-14-28(12-11-26)13-18(29(19)30)15-5-7-16(8-6-15)21(27)9-10-21/h1-8,13,19H,9-12,14,26-27H2/q+1. The van der Waals surface area contributed by atoms with Crippen LogP contribution in [-0.2, 0) is 5.54 Å².